The molecule has 2 heterocycles. The Hall–Kier alpha value is -3.01. The van der Waals surface area contributed by atoms with Crippen LogP contribution in [0.2, 0.25) is 0 Å². The number of hydrogen-bond acceptors (Lipinski definition) is 6. The van der Waals surface area contributed by atoms with Crippen LogP contribution in [-0.4, -0.2) is 40.7 Å². The fourth-order valence-electron chi connectivity index (χ4n) is 2.72. The Bertz CT molecular complexity index is 909. The predicted octanol–water partition coefficient (Wildman–Crippen LogP) is 3.34. The third-order valence-corrected chi connectivity index (χ3v) is 4.08. The molecule has 1 amide bonds. The lowest BCUT2D eigenvalue weighted by atomic mass is 10.1. The minimum Gasteiger partial charge on any atom is -0.493 e. The van der Waals surface area contributed by atoms with Gasteiger partial charge >= 0.3 is 12.1 Å². The SMILES string of the molecule is COc1ccccc1OCc1ccc(C(=O)N2N=C(C)CC2(O)C(F)(F)F)o1. The van der Waals surface area contributed by atoms with Crippen LogP contribution in [0.1, 0.15) is 29.7 Å². The summed E-state index contributed by atoms with van der Waals surface area (Å²) < 4.78 is 55.7. The van der Waals surface area contributed by atoms with Crippen molar-refractivity contribution in [3.05, 3.63) is 47.9 Å². The number of nitrogens with zero attached hydrogens (tertiary/aromatic N) is 2. The Kier molecular flexibility index (Phi) is 5.07. The Morgan fingerprint density at radius 3 is 2.61 bits per heavy atom. The van der Waals surface area contributed by atoms with Gasteiger partial charge in [-0.3, -0.25) is 4.79 Å². The number of methoxy groups -OCH3 is 1. The van der Waals surface area contributed by atoms with Crippen LogP contribution in [0.3, 0.4) is 0 Å². The molecule has 1 N–H and O–H groups in total. The van der Waals surface area contributed by atoms with Crippen molar-refractivity contribution in [3.63, 3.8) is 0 Å². The molecule has 1 aromatic heterocycles. The van der Waals surface area contributed by atoms with Crippen LogP contribution >= 0.6 is 0 Å². The number of hydrazone groups is 1. The predicted molar refractivity (Wildman–Crippen MR) is 90.9 cm³/mol. The summed E-state index contributed by atoms with van der Waals surface area (Å²) in [6.07, 6.45) is -5.90. The van der Waals surface area contributed by atoms with E-state index < -0.39 is 30.0 Å². The molecule has 1 unspecified atom stereocenters. The average Bonchev–Trinajstić information content (AvgIpc) is 3.24. The first kappa shape index (κ1) is 19.7. The number of ether oxygens (including phenoxy) is 2. The molecule has 150 valence electrons. The quantitative estimate of drug-likeness (QED) is 0.835. The van der Waals surface area contributed by atoms with Crippen molar-refractivity contribution < 1.29 is 37.0 Å². The molecule has 3 rings (SSSR count). The highest BCUT2D eigenvalue weighted by molar-refractivity contribution is 5.96. The van der Waals surface area contributed by atoms with E-state index in [1.807, 2.05) is 0 Å². The van der Waals surface area contributed by atoms with Gasteiger partial charge in [-0.15, -0.1) is 0 Å². The van der Waals surface area contributed by atoms with E-state index in [1.54, 1.807) is 24.3 Å². The number of carbonyl (C=O) groups is 1. The lowest BCUT2D eigenvalue weighted by molar-refractivity contribution is -0.297. The summed E-state index contributed by atoms with van der Waals surface area (Å²) in [6, 6.07) is 9.44. The first-order valence-corrected chi connectivity index (χ1v) is 8.18. The molecule has 28 heavy (non-hydrogen) atoms. The summed E-state index contributed by atoms with van der Waals surface area (Å²) in [5.74, 6) is -0.493. The van der Waals surface area contributed by atoms with Crippen LogP contribution in [-0.2, 0) is 6.61 Å². The van der Waals surface area contributed by atoms with E-state index in [1.165, 1.54) is 26.2 Å². The van der Waals surface area contributed by atoms with Gasteiger partial charge in [-0.05, 0) is 31.2 Å². The molecule has 1 aliphatic heterocycles. The molecule has 0 aliphatic carbocycles. The zero-order valence-corrected chi connectivity index (χ0v) is 15.0. The number of aliphatic hydroxyl groups is 1. The number of carbonyl (C=O) groups excluding carboxylic acids is 1. The average molecular weight is 398 g/mol. The molecule has 1 aromatic carbocycles. The number of furan rings is 1. The summed E-state index contributed by atoms with van der Waals surface area (Å²) in [4.78, 5) is 12.4. The third kappa shape index (κ3) is 3.55. The van der Waals surface area contributed by atoms with Crippen molar-refractivity contribution >= 4 is 11.6 Å². The van der Waals surface area contributed by atoms with E-state index in [9.17, 15) is 23.1 Å². The van der Waals surface area contributed by atoms with Crippen molar-refractivity contribution in [1.82, 2.24) is 5.01 Å². The standard InChI is InChI=1S/C18H17F3N2O5/c1-11-9-17(25,18(19,20)21)23(22-11)16(24)15-8-7-12(28-15)10-27-14-6-4-3-5-13(14)26-2/h3-8,25H,9-10H2,1-2H3. The minimum atomic E-state index is -5.08. The Labute approximate surface area is 158 Å². The Morgan fingerprint density at radius 2 is 1.96 bits per heavy atom. The zero-order valence-electron chi connectivity index (χ0n) is 15.0. The molecule has 7 nitrogen and oxygen atoms in total. The molecule has 1 atom stereocenters. The van der Waals surface area contributed by atoms with Crippen molar-refractivity contribution in [2.45, 2.75) is 31.9 Å². The van der Waals surface area contributed by atoms with Crippen LogP contribution < -0.4 is 9.47 Å². The maximum absolute atomic E-state index is 13.2. The lowest BCUT2D eigenvalue weighted by Gasteiger charge is -2.32. The summed E-state index contributed by atoms with van der Waals surface area (Å²) in [5.41, 5.74) is -3.44. The van der Waals surface area contributed by atoms with Gasteiger partial charge in [-0.25, -0.2) is 0 Å². The maximum Gasteiger partial charge on any atom is 0.438 e. The second-order valence-corrected chi connectivity index (χ2v) is 6.15. The Morgan fingerprint density at radius 1 is 1.29 bits per heavy atom. The number of amides is 1. The molecule has 0 saturated carbocycles. The van der Waals surface area contributed by atoms with E-state index in [4.69, 9.17) is 13.9 Å². The third-order valence-electron chi connectivity index (χ3n) is 4.08. The summed E-state index contributed by atoms with van der Waals surface area (Å²) >= 11 is 0. The molecule has 0 fully saturated rings. The Balaban J connectivity index is 1.75. The molecule has 2 aromatic rings. The van der Waals surface area contributed by atoms with E-state index in [0.29, 0.717) is 11.5 Å². The normalized spacial score (nSPS) is 19.5. The smallest absolute Gasteiger partial charge is 0.438 e. The highest BCUT2D eigenvalue weighted by Gasteiger charge is 2.63. The van der Waals surface area contributed by atoms with Crippen molar-refractivity contribution in [1.29, 1.82) is 0 Å². The van der Waals surface area contributed by atoms with E-state index in [2.05, 4.69) is 5.10 Å². The second-order valence-electron chi connectivity index (χ2n) is 6.15. The van der Waals surface area contributed by atoms with E-state index in [-0.39, 0.29) is 23.1 Å². The van der Waals surface area contributed by atoms with Crippen molar-refractivity contribution in [2.75, 3.05) is 7.11 Å². The second kappa shape index (κ2) is 7.19. The molecular weight excluding hydrogens is 381 g/mol. The number of alkyl halides is 3. The summed E-state index contributed by atoms with van der Waals surface area (Å²) in [7, 11) is 1.48. The number of hydrogen-bond donors (Lipinski definition) is 1. The van der Waals surface area contributed by atoms with Gasteiger partial charge in [0.25, 0.3) is 5.72 Å². The minimum absolute atomic E-state index is 0.00598. The highest BCUT2D eigenvalue weighted by atomic mass is 19.4. The molecule has 1 aliphatic rings. The van der Waals surface area contributed by atoms with Crippen LogP contribution in [0.5, 0.6) is 11.5 Å². The summed E-state index contributed by atoms with van der Waals surface area (Å²) in [5, 5.41) is 13.5. The van der Waals surface area contributed by atoms with E-state index in [0.717, 1.165) is 0 Å². The fraction of sp³-hybridized carbons (Fsp3) is 0.333. The molecule has 10 heteroatoms. The van der Waals surface area contributed by atoms with Gasteiger partial charge in [0.05, 0.1) is 7.11 Å². The van der Waals surface area contributed by atoms with Gasteiger partial charge in [0.1, 0.15) is 12.4 Å². The fourth-order valence-corrected chi connectivity index (χ4v) is 2.72. The van der Waals surface area contributed by atoms with Gasteiger partial charge in [0.2, 0.25) is 0 Å². The first-order valence-electron chi connectivity index (χ1n) is 8.18. The molecule has 0 radical (unpaired) electrons. The monoisotopic (exact) mass is 398 g/mol. The van der Waals surface area contributed by atoms with Crippen molar-refractivity contribution in [3.8, 4) is 11.5 Å². The van der Waals surface area contributed by atoms with Gasteiger partial charge in [0, 0.05) is 12.1 Å². The largest absolute Gasteiger partial charge is 0.493 e. The lowest BCUT2D eigenvalue weighted by Crippen LogP contribution is -2.56. The summed E-state index contributed by atoms with van der Waals surface area (Å²) in [6.45, 7) is 1.21. The number of rotatable bonds is 5. The van der Waals surface area contributed by atoms with Crippen molar-refractivity contribution in [2.24, 2.45) is 5.10 Å². The molecule has 0 saturated heterocycles. The first-order chi connectivity index (χ1) is 13.2. The maximum atomic E-state index is 13.2. The number of halogens is 3. The highest BCUT2D eigenvalue weighted by Crippen LogP contribution is 2.41. The topological polar surface area (TPSA) is 84.5 Å². The van der Waals surface area contributed by atoms with Crippen LogP contribution in [0.4, 0.5) is 13.2 Å². The van der Waals surface area contributed by atoms with Crippen LogP contribution in [0, 0.1) is 0 Å². The van der Waals surface area contributed by atoms with Gasteiger partial charge < -0.3 is 19.0 Å². The van der Waals surface area contributed by atoms with Crippen LogP contribution in [0.15, 0.2) is 45.9 Å². The molecular formula is C18H17F3N2O5. The van der Waals surface area contributed by atoms with Gasteiger partial charge in [0.15, 0.2) is 17.3 Å². The van der Waals surface area contributed by atoms with Gasteiger partial charge in [-0.1, -0.05) is 12.1 Å². The van der Waals surface area contributed by atoms with Gasteiger partial charge in [-0.2, -0.15) is 23.3 Å². The van der Waals surface area contributed by atoms with E-state index >= 15 is 0 Å². The molecule has 0 bridgehead atoms. The number of benzene rings is 1. The van der Waals surface area contributed by atoms with Crippen LogP contribution in [0.25, 0.3) is 0 Å². The molecule has 0 spiro atoms. The zero-order chi connectivity index (χ0) is 20.5. The number of para-hydroxylation sites is 2.